The summed E-state index contributed by atoms with van der Waals surface area (Å²) in [7, 11) is 0. The number of hydrogen-bond donors (Lipinski definition) is 0. The number of aromatic nitrogens is 2. The van der Waals surface area contributed by atoms with E-state index in [1.165, 1.54) is 5.56 Å². The van der Waals surface area contributed by atoms with Gasteiger partial charge in [-0.15, -0.1) is 0 Å². The van der Waals surface area contributed by atoms with E-state index >= 15 is 0 Å². The standard InChI is InChI=1S/C26H35N3O/c1-6-7-15-29-24-11-9-8-10-23(24)27-25(29)18-28(16-14-19(2)3)26(30)22-13-12-20(4)21(5)17-22/h8-13,17,19H,6-7,14-16,18H2,1-5H3. The van der Waals surface area contributed by atoms with Crippen LogP contribution < -0.4 is 0 Å². The number of amides is 1. The molecule has 0 spiro atoms. The second-order valence-electron chi connectivity index (χ2n) is 8.73. The van der Waals surface area contributed by atoms with E-state index in [2.05, 4.69) is 57.4 Å². The molecule has 0 aliphatic carbocycles. The van der Waals surface area contributed by atoms with E-state index in [1.54, 1.807) is 0 Å². The molecule has 160 valence electrons. The monoisotopic (exact) mass is 405 g/mol. The lowest BCUT2D eigenvalue weighted by Gasteiger charge is -2.24. The summed E-state index contributed by atoms with van der Waals surface area (Å²) in [4.78, 5) is 20.3. The number of unbranched alkanes of at least 4 members (excludes halogenated alkanes) is 1. The summed E-state index contributed by atoms with van der Waals surface area (Å²) < 4.78 is 2.30. The first-order chi connectivity index (χ1) is 14.4. The van der Waals surface area contributed by atoms with E-state index in [9.17, 15) is 4.79 Å². The van der Waals surface area contributed by atoms with Gasteiger partial charge < -0.3 is 9.47 Å². The zero-order valence-corrected chi connectivity index (χ0v) is 19.1. The van der Waals surface area contributed by atoms with E-state index in [0.717, 1.165) is 60.3 Å². The minimum Gasteiger partial charge on any atom is -0.331 e. The summed E-state index contributed by atoms with van der Waals surface area (Å²) in [5.74, 6) is 1.61. The Bertz CT molecular complexity index is 1000. The molecule has 2 aromatic carbocycles. The Morgan fingerprint density at radius 2 is 1.87 bits per heavy atom. The summed E-state index contributed by atoms with van der Waals surface area (Å²) in [5.41, 5.74) is 5.29. The molecule has 0 fully saturated rings. The molecular weight excluding hydrogens is 370 g/mol. The van der Waals surface area contributed by atoms with Gasteiger partial charge in [0.15, 0.2) is 0 Å². The summed E-state index contributed by atoms with van der Waals surface area (Å²) in [6, 6.07) is 14.3. The fraction of sp³-hybridized carbons (Fsp3) is 0.462. The lowest BCUT2D eigenvalue weighted by atomic mass is 10.0. The van der Waals surface area contributed by atoms with Crippen LogP contribution in [0.1, 0.15) is 67.3 Å². The Morgan fingerprint density at radius 1 is 1.10 bits per heavy atom. The lowest BCUT2D eigenvalue weighted by Crippen LogP contribution is -2.33. The predicted molar refractivity (Wildman–Crippen MR) is 125 cm³/mol. The molecule has 0 aliphatic heterocycles. The van der Waals surface area contributed by atoms with Gasteiger partial charge in [0.05, 0.1) is 17.6 Å². The molecule has 4 heteroatoms. The number of para-hydroxylation sites is 2. The highest BCUT2D eigenvalue weighted by Crippen LogP contribution is 2.20. The summed E-state index contributed by atoms with van der Waals surface area (Å²) in [6.07, 6.45) is 3.21. The van der Waals surface area contributed by atoms with Gasteiger partial charge in [0.2, 0.25) is 0 Å². The number of benzene rings is 2. The number of carbonyl (C=O) groups excluding carboxylic acids is 1. The van der Waals surface area contributed by atoms with Gasteiger partial charge in [0.25, 0.3) is 5.91 Å². The van der Waals surface area contributed by atoms with Crippen LogP contribution in [-0.4, -0.2) is 26.9 Å². The third-order valence-corrected chi connectivity index (χ3v) is 5.82. The van der Waals surface area contributed by atoms with Crippen LogP contribution in [-0.2, 0) is 13.1 Å². The Labute approximate surface area is 180 Å². The number of hydrogen-bond acceptors (Lipinski definition) is 2. The third-order valence-electron chi connectivity index (χ3n) is 5.82. The molecule has 4 nitrogen and oxygen atoms in total. The van der Waals surface area contributed by atoms with Crippen molar-refractivity contribution in [2.45, 2.75) is 67.0 Å². The predicted octanol–water partition coefficient (Wildman–Crippen LogP) is 6.14. The number of fused-ring (bicyclic) bond motifs is 1. The highest BCUT2D eigenvalue weighted by atomic mass is 16.2. The first-order valence-electron chi connectivity index (χ1n) is 11.2. The topological polar surface area (TPSA) is 38.1 Å². The van der Waals surface area contributed by atoms with E-state index in [-0.39, 0.29) is 5.91 Å². The number of imidazole rings is 1. The van der Waals surface area contributed by atoms with Gasteiger partial charge in [-0.25, -0.2) is 4.98 Å². The van der Waals surface area contributed by atoms with E-state index in [1.807, 2.05) is 29.2 Å². The quantitative estimate of drug-likeness (QED) is 0.429. The second kappa shape index (κ2) is 9.92. The summed E-state index contributed by atoms with van der Waals surface area (Å²) in [6.45, 7) is 13.0. The molecular formula is C26H35N3O. The molecule has 30 heavy (non-hydrogen) atoms. The average Bonchev–Trinajstić information content (AvgIpc) is 3.07. The van der Waals surface area contributed by atoms with Gasteiger partial charge in [0.1, 0.15) is 5.82 Å². The Hall–Kier alpha value is -2.62. The van der Waals surface area contributed by atoms with Gasteiger partial charge >= 0.3 is 0 Å². The van der Waals surface area contributed by atoms with Gasteiger partial charge in [-0.1, -0.05) is 45.4 Å². The molecule has 1 aromatic heterocycles. The van der Waals surface area contributed by atoms with E-state index in [4.69, 9.17) is 4.98 Å². The first-order valence-corrected chi connectivity index (χ1v) is 11.2. The van der Waals surface area contributed by atoms with Crippen molar-refractivity contribution in [2.24, 2.45) is 5.92 Å². The Morgan fingerprint density at radius 3 is 2.57 bits per heavy atom. The van der Waals surface area contributed by atoms with E-state index < -0.39 is 0 Å². The molecule has 1 amide bonds. The van der Waals surface area contributed by atoms with Crippen LogP contribution in [0.4, 0.5) is 0 Å². The maximum Gasteiger partial charge on any atom is 0.254 e. The van der Waals surface area contributed by atoms with Gasteiger partial charge in [-0.05, 0) is 68.0 Å². The fourth-order valence-corrected chi connectivity index (χ4v) is 3.71. The van der Waals surface area contributed by atoms with Crippen molar-refractivity contribution in [2.75, 3.05) is 6.54 Å². The van der Waals surface area contributed by atoms with Crippen molar-refractivity contribution in [3.63, 3.8) is 0 Å². The van der Waals surface area contributed by atoms with Crippen LogP contribution in [0.15, 0.2) is 42.5 Å². The van der Waals surface area contributed by atoms with Gasteiger partial charge in [-0.2, -0.15) is 0 Å². The molecule has 3 rings (SSSR count). The van der Waals surface area contributed by atoms with Gasteiger partial charge in [0, 0.05) is 18.7 Å². The first kappa shape index (κ1) is 22.1. The number of nitrogens with zero attached hydrogens (tertiary/aromatic N) is 3. The van der Waals surface area contributed by atoms with Crippen molar-refractivity contribution in [3.05, 3.63) is 65.0 Å². The van der Waals surface area contributed by atoms with Crippen LogP contribution in [0.5, 0.6) is 0 Å². The van der Waals surface area contributed by atoms with Crippen LogP contribution in [0.3, 0.4) is 0 Å². The largest absolute Gasteiger partial charge is 0.331 e. The van der Waals surface area contributed by atoms with Crippen molar-refractivity contribution >= 4 is 16.9 Å². The van der Waals surface area contributed by atoms with Crippen LogP contribution in [0.2, 0.25) is 0 Å². The minimum absolute atomic E-state index is 0.0906. The van der Waals surface area contributed by atoms with Crippen molar-refractivity contribution < 1.29 is 4.79 Å². The minimum atomic E-state index is 0.0906. The van der Waals surface area contributed by atoms with Crippen molar-refractivity contribution in [1.29, 1.82) is 0 Å². The van der Waals surface area contributed by atoms with Crippen molar-refractivity contribution in [3.8, 4) is 0 Å². The van der Waals surface area contributed by atoms with E-state index in [0.29, 0.717) is 12.5 Å². The highest BCUT2D eigenvalue weighted by molar-refractivity contribution is 5.94. The molecule has 0 radical (unpaired) electrons. The molecule has 0 N–H and O–H groups in total. The van der Waals surface area contributed by atoms with Gasteiger partial charge in [-0.3, -0.25) is 4.79 Å². The molecule has 3 aromatic rings. The Kier molecular flexibility index (Phi) is 7.30. The Balaban J connectivity index is 1.94. The molecule has 0 saturated heterocycles. The molecule has 1 heterocycles. The third kappa shape index (κ3) is 5.10. The number of rotatable bonds is 9. The lowest BCUT2D eigenvalue weighted by molar-refractivity contribution is 0.0729. The van der Waals surface area contributed by atoms with Crippen LogP contribution >= 0.6 is 0 Å². The zero-order chi connectivity index (χ0) is 21.7. The number of aryl methyl sites for hydroxylation is 3. The molecule has 0 atom stereocenters. The average molecular weight is 406 g/mol. The molecule has 0 bridgehead atoms. The van der Waals surface area contributed by atoms with Crippen molar-refractivity contribution in [1.82, 2.24) is 14.5 Å². The van der Waals surface area contributed by atoms with Crippen LogP contribution in [0.25, 0.3) is 11.0 Å². The molecule has 0 unspecified atom stereocenters. The maximum atomic E-state index is 13.5. The smallest absolute Gasteiger partial charge is 0.254 e. The molecule has 0 saturated carbocycles. The SMILES string of the molecule is CCCCn1c(CN(CCC(C)C)C(=O)c2ccc(C)c(C)c2)nc2ccccc21. The fourth-order valence-electron chi connectivity index (χ4n) is 3.71. The highest BCUT2D eigenvalue weighted by Gasteiger charge is 2.20. The number of carbonyl (C=O) groups is 1. The zero-order valence-electron chi connectivity index (χ0n) is 19.1. The molecule has 0 aliphatic rings. The summed E-state index contributed by atoms with van der Waals surface area (Å²) in [5, 5.41) is 0. The maximum absolute atomic E-state index is 13.5. The summed E-state index contributed by atoms with van der Waals surface area (Å²) >= 11 is 0. The normalized spacial score (nSPS) is 11.4. The van der Waals surface area contributed by atoms with Crippen LogP contribution in [0, 0.1) is 19.8 Å². The second-order valence-corrected chi connectivity index (χ2v) is 8.73.